The number of ether oxygens (including phenoxy) is 3. The number of hydrogen-bond acceptors (Lipinski definition) is 10. The Bertz CT molecular complexity index is 1460. The molecule has 1 heterocycles. The average molecular weight is 483 g/mol. The second-order valence-electron chi connectivity index (χ2n) is 7.10. The highest BCUT2D eigenvalue weighted by molar-refractivity contribution is 5.99. The molecule has 35 heavy (non-hydrogen) atoms. The van der Waals surface area contributed by atoms with E-state index in [9.17, 15) is 24.0 Å². The molecule has 3 aromatic rings. The molecule has 0 aliphatic heterocycles. The van der Waals surface area contributed by atoms with Crippen molar-refractivity contribution in [2.45, 2.75) is 13.0 Å². The molecule has 2 aromatic carbocycles. The van der Waals surface area contributed by atoms with E-state index >= 15 is 0 Å². The van der Waals surface area contributed by atoms with Gasteiger partial charge in [0.1, 0.15) is 17.5 Å². The molecule has 0 radical (unpaired) electrons. The first-order chi connectivity index (χ1) is 16.7. The normalized spacial score (nSPS) is 11.8. The minimum absolute atomic E-state index is 0.00390. The zero-order valence-electron chi connectivity index (χ0n) is 19.1. The first-order valence-electron chi connectivity index (χ1n) is 10.0. The lowest BCUT2D eigenvalue weighted by Gasteiger charge is -2.13. The maximum atomic E-state index is 12.7. The van der Waals surface area contributed by atoms with Crippen molar-refractivity contribution < 1.29 is 28.6 Å². The second-order valence-corrected chi connectivity index (χ2v) is 7.10. The molecule has 13 nitrogen and oxygen atoms in total. The predicted octanol–water partition coefficient (Wildman–Crippen LogP) is 1.91. The molecule has 1 amide bonds. The number of esters is 2. The summed E-state index contributed by atoms with van der Waals surface area (Å²) in [7, 11) is 3.76. The van der Waals surface area contributed by atoms with Crippen molar-refractivity contribution in [1.29, 1.82) is 0 Å². The molecule has 0 spiro atoms. The van der Waals surface area contributed by atoms with E-state index in [0.717, 1.165) is 0 Å². The number of H-pyrrole nitrogens is 2. The molecule has 0 fully saturated rings. The van der Waals surface area contributed by atoms with E-state index in [4.69, 9.17) is 9.47 Å². The third kappa shape index (κ3) is 5.40. The van der Waals surface area contributed by atoms with Crippen LogP contribution in [0, 0.1) is 0 Å². The zero-order chi connectivity index (χ0) is 25.7. The summed E-state index contributed by atoms with van der Waals surface area (Å²) in [6, 6.07) is 5.81. The smallest absolute Gasteiger partial charge is 0.340 e. The number of nitrogens with one attached hydrogen (secondary N) is 3. The number of amides is 1. The average Bonchev–Trinajstić information content (AvgIpc) is 2.86. The molecular formula is C22H21N5O8. The number of benzene rings is 2. The van der Waals surface area contributed by atoms with Gasteiger partial charge in [-0.2, -0.15) is 10.2 Å². The fourth-order valence-corrected chi connectivity index (χ4v) is 2.99. The molecule has 1 aromatic heterocycles. The van der Waals surface area contributed by atoms with E-state index in [0.29, 0.717) is 5.52 Å². The first kappa shape index (κ1) is 24.8. The summed E-state index contributed by atoms with van der Waals surface area (Å²) in [6.07, 6.45) is 0. The zero-order valence-corrected chi connectivity index (χ0v) is 19.1. The quantitative estimate of drug-likeness (QED) is 0.259. The number of aromatic nitrogens is 2. The fourth-order valence-electron chi connectivity index (χ4n) is 2.99. The summed E-state index contributed by atoms with van der Waals surface area (Å²) in [6.45, 7) is 1.45. The van der Waals surface area contributed by atoms with Crippen molar-refractivity contribution in [3.8, 4) is 5.75 Å². The van der Waals surface area contributed by atoms with Gasteiger partial charge in [0.2, 0.25) is 0 Å². The topological polar surface area (TPSA) is 181 Å². The van der Waals surface area contributed by atoms with Crippen LogP contribution in [0.25, 0.3) is 11.0 Å². The Morgan fingerprint density at radius 1 is 0.914 bits per heavy atom. The van der Waals surface area contributed by atoms with Gasteiger partial charge in [0, 0.05) is 6.07 Å². The van der Waals surface area contributed by atoms with Crippen LogP contribution in [0.3, 0.4) is 0 Å². The van der Waals surface area contributed by atoms with Gasteiger partial charge in [0.05, 0.1) is 49.2 Å². The van der Waals surface area contributed by atoms with E-state index < -0.39 is 35.0 Å². The molecule has 0 aliphatic carbocycles. The largest absolute Gasteiger partial charge is 0.494 e. The number of aromatic amines is 2. The molecule has 0 aliphatic rings. The van der Waals surface area contributed by atoms with E-state index in [-0.39, 0.29) is 33.8 Å². The van der Waals surface area contributed by atoms with Crippen molar-refractivity contribution in [1.82, 2.24) is 9.97 Å². The number of methoxy groups -OCH3 is 3. The van der Waals surface area contributed by atoms with Crippen LogP contribution < -0.4 is 21.2 Å². The highest BCUT2D eigenvalue weighted by Gasteiger charge is 2.19. The van der Waals surface area contributed by atoms with Crippen LogP contribution in [0.1, 0.15) is 27.6 Å². The number of fused-ring (bicyclic) bond motifs is 1. The molecule has 3 N–H and O–H groups in total. The number of carbonyl (C=O) groups is 3. The Morgan fingerprint density at radius 3 is 2.14 bits per heavy atom. The van der Waals surface area contributed by atoms with Crippen LogP contribution in [-0.4, -0.2) is 55.2 Å². The van der Waals surface area contributed by atoms with Gasteiger partial charge in [0.25, 0.3) is 5.91 Å². The lowest BCUT2D eigenvalue weighted by Crippen LogP contribution is -2.29. The fraction of sp³-hybridized carbons (Fsp3) is 0.227. The number of carbonyl (C=O) groups excluding carboxylic acids is 3. The van der Waals surface area contributed by atoms with Gasteiger partial charge in [-0.05, 0) is 31.2 Å². The number of nitrogens with zero attached hydrogens (tertiary/aromatic N) is 2. The van der Waals surface area contributed by atoms with Crippen LogP contribution in [-0.2, 0) is 14.3 Å². The lowest BCUT2D eigenvalue weighted by atomic mass is 10.1. The Morgan fingerprint density at radius 2 is 1.54 bits per heavy atom. The summed E-state index contributed by atoms with van der Waals surface area (Å²) >= 11 is 0. The number of anilines is 1. The molecule has 13 heteroatoms. The minimum Gasteiger partial charge on any atom is -0.494 e. The molecule has 0 bridgehead atoms. The highest BCUT2D eigenvalue weighted by atomic mass is 16.5. The van der Waals surface area contributed by atoms with Crippen molar-refractivity contribution >= 4 is 40.3 Å². The monoisotopic (exact) mass is 483 g/mol. The molecule has 1 unspecified atom stereocenters. The molecular weight excluding hydrogens is 462 g/mol. The molecule has 0 saturated heterocycles. The minimum atomic E-state index is -1.04. The second kappa shape index (κ2) is 10.4. The molecule has 0 saturated carbocycles. The van der Waals surface area contributed by atoms with Crippen molar-refractivity contribution in [2.75, 3.05) is 26.6 Å². The van der Waals surface area contributed by atoms with Gasteiger partial charge < -0.3 is 29.5 Å². The van der Waals surface area contributed by atoms with Gasteiger partial charge in [-0.15, -0.1) is 0 Å². The van der Waals surface area contributed by atoms with E-state index in [1.807, 2.05) is 0 Å². The van der Waals surface area contributed by atoms with Gasteiger partial charge in [-0.1, -0.05) is 0 Å². The third-order valence-electron chi connectivity index (χ3n) is 4.84. The number of rotatable bonds is 7. The van der Waals surface area contributed by atoms with Crippen LogP contribution in [0.15, 0.2) is 50.1 Å². The van der Waals surface area contributed by atoms with Crippen molar-refractivity contribution in [2.24, 2.45) is 10.2 Å². The lowest BCUT2D eigenvalue weighted by molar-refractivity contribution is -0.117. The van der Waals surface area contributed by atoms with Gasteiger partial charge >= 0.3 is 23.1 Å². The van der Waals surface area contributed by atoms with Gasteiger partial charge in [-0.3, -0.25) is 14.4 Å². The predicted molar refractivity (Wildman–Crippen MR) is 123 cm³/mol. The summed E-state index contributed by atoms with van der Waals surface area (Å²) < 4.78 is 14.6. The molecule has 182 valence electrons. The SMILES string of the molecule is COC(=O)c1ccc(C(=O)OC)c(N=NC(C)C(=O)Nc2cc3[nH]c(=O)c(=O)[nH]c3cc2OC)c1. The van der Waals surface area contributed by atoms with Crippen LogP contribution in [0.5, 0.6) is 5.75 Å². The van der Waals surface area contributed by atoms with Crippen LogP contribution >= 0.6 is 0 Å². The van der Waals surface area contributed by atoms with Crippen LogP contribution in [0.2, 0.25) is 0 Å². The maximum absolute atomic E-state index is 12.7. The van der Waals surface area contributed by atoms with Crippen LogP contribution in [0.4, 0.5) is 11.4 Å². The summed E-state index contributed by atoms with van der Waals surface area (Å²) in [5.74, 6) is -1.73. The molecule has 3 rings (SSSR count). The van der Waals surface area contributed by atoms with Gasteiger partial charge in [-0.25, -0.2) is 9.59 Å². The number of hydrogen-bond donors (Lipinski definition) is 3. The van der Waals surface area contributed by atoms with E-state index in [2.05, 4.69) is 30.3 Å². The Balaban J connectivity index is 1.89. The molecule has 1 atom stereocenters. The highest BCUT2D eigenvalue weighted by Crippen LogP contribution is 2.28. The van der Waals surface area contributed by atoms with Crippen molar-refractivity contribution in [3.05, 3.63) is 62.2 Å². The summed E-state index contributed by atoms with van der Waals surface area (Å²) in [4.78, 5) is 64.6. The summed E-state index contributed by atoms with van der Waals surface area (Å²) in [5, 5.41) is 10.5. The van der Waals surface area contributed by atoms with Crippen molar-refractivity contribution in [3.63, 3.8) is 0 Å². The maximum Gasteiger partial charge on any atom is 0.340 e. The Labute approximate surface area is 197 Å². The van der Waals surface area contributed by atoms with E-state index in [1.54, 1.807) is 0 Å². The Kier molecular flexibility index (Phi) is 7.39. The Hall–Kier alpha value is -4.81. The first-order valence-corrected chi connectivity index (χ1v) is 10.0. The standard InChI is InChI=1S/C22H21N5O8/c1-10(26-27-13-7-11(21(31)34-3)5-6-12(13)22(32)35-4)18(28)25-16-8-14-15(9-17(16)33-2)24-20(30)19(29)23-14/h5-10H,1-4H3,(H,23,29)(H,24,30)(H,25,28). The third-order valence-corrected chi connectivity index (χ3v) is 4.84. The van der Waals surface area contributed by atoms with E-state index in [1.165, 1.54) is 58.6 Å². The summed E-state index contributed by atoms with van der Waals surface area (Å²) in [5.41, 5.74) is -0.738. The number of azo groups is 1. The van der Waals surface area contributed by atoms with Gasteiger partial charge in [0.15, 0.2) is 0 Å².